The van der Waals surface area contributed by atoms with Gasteiger partial charge in [-0.3, -0.25) is 14.9 Å². The fourth-order valence-corrected chi connectivity index (χ4v) is 2.10. The zero-order valence-corrected chi connectivity index (χ0v) is 11.7. The Morgan fingerprint density at radius 2 is 1.90 bits per heavy atom. The van der Waals surface area contributed by atoms with Crippen LogP contribution in [0.4, 0.5) is 14.5 Å². The van der Waals surface area contributed by atoms with Crippen LogP contribution < -0.4 is 10.5 Å². The summed E-state index contributed by atoms with van der Waals surface area (Å²) < 4.78 is 50.3. The molecular formula is C10H11F2N3O5S. The van der Waals surface area contributed by atoms with Gasteiger partial charge in [-0.05, 0) is 13.8 Å². The van der Waals surface area contributed by atoms with Gasteiger partial charge in [0.05, 0.1) is 4.92 Å². The summed E-state index contributed by atoms with van der Waals surface area (Å²) in [5.74, 6) is -4.88. The lowest BCUT2D eigenvalue weighted by atomic mass is 10.1. The van der Waals surface area contributed by atoms with Gasteiger partial charge in [-0.1, -0.05) is 0 Å². The summed E-state index contributed by atoms with van der Waals surface area (Å²) in [7, 11) is -4.72. The number of halogens is 2. The molecule has 0 aliphatic heterocycles. The topological polar surface area (TPSA) is 132 Å². The highest BCUT2D eigenvalue weighted by atomic mass is 32.2. The quantitative estimate of drug-likeness (QED) is 0.620. The number of amides is 1. The van der Waals surface area contributed by atoms with Gasteiger partial charge in [0.2, 0.25) is 15.8 Å². The molecule has 1 aromatic carbocycles. The summed E-state index contributed by atoms with van der Waals surface area (Å²) in [6.07, 6.45) is 0. The van der Waals surface area contributed by atoms with Gasteiger partial charge in [-0.2, -0.15) is 4.39 Å². The normalized spacial score (nSPS) is 11.5. The van der Waals surface area contributed by atoms with Crippen LogP contribution in [0.5, 0.6) is 0 Å². The fraction of sp³-hybridized carbons (Fsp3) is 0.300. The molecule has 0 aliphatic rings. The van der Waals surface area contributed by atoms with E-state index in [-0.39, 0.29) is 6.07 Å². The Morgan fingerprint density at radius 1 is 1.38 bits per heavy atom. The molecule has 0 atom stereocenters. The van der Waals surface area contributed by atoms with Crippen molar-refractivity contribution in [2.45, 2.75) is 24.8 Å². The molecule has 21 heavy (non-hydrogen) atoms. The lowest BCUT2D eigenvalue weighted by Crippen LogP contribution is -2.32. The molecule has 0 saturated heterocycles. The molecule has 0 saturated carbocycles. The first kappa shape index (κ1) is 16.9. The highest BCUT2D eigenvalue weighted by Crippen LogP contribution is 2.28. The van der Waals surface area contributed by atoms with E-state index >= 15 is 0 Å². The minimum atomic E-state index is -4.72. The van der Waals surface area contributed by atoms with Crippen LogP contribution in [0.1, 0.15) is 24.2 Å². The summed E-state index contributed by atoms with van der Waals surface area (Å²) in [4.78, 5) is 19.8. The number of primary sulfonamides is 1. The van der Waals surface area contributed by atoms with E-state index < -0.39 is 54.7 Å². The number of hydrogen-bond acceptors (Lipinski definition) is 5. The van der Waals surface area contributed by atoms with Crippen LogP contribution in [-0.4, -0.2) is 25.3 Å². The third-order valence-corrected chi connectivity index (χ3v) is 3.21. The zero-order valence-electron chi connectivity index (χ0n) is 10.9. The number of nitro benzene ring substituents is 1. The third-order valence-electron chi connectivity index (χ3n) is 2.30. The predicted molar refractivity (Wildman–Crippen MR) is 67.0 cm³/mol. The monoisotopic (exact) mass is 323 g/mol. The van der Waals surface area contributed by atoms with Crippen LogP contribution in [0.15, 0.2) is 11.0 Å². The van der Waals surface area contributed by atoms with Crippen molar-refractivity contribution < 1.29 is 26.9 Å². The van der Waals surface area contributed by atoms with Gasteiger partial charge in [-0.15, -0.1) is 0 Å². The van der Waals surface area contributed by atoms with Crippen LogP contribution in [0.2, 0.25) is 0 Å². The van der Waals surface area contributed by atoms with Crippen LogP contribution in [0.25, 0.3) is 0 Å². The number of benzene rings is 1. The van der Waals surface area contributed by atoms with E-state index in [1.165, 1.54) is 13.8 Å². The first-order valence-electron chi connectivity index (χ1n) is 5.46. The van der Waals surface area contributed by atoms with Crippen LogP contribution >= 0.6 is 0 Å². The molecule has 1 aromatic rings. The zero-order chi connectivity index (χ0) is 16.5. The minimum Gasteiger partial charge on any atom is -0.350 e. The fourth-order valence-electron chi connectivity index (χ4n) is 1.47. The number of carbonyl (C=O) groups is 1. The molecule has 0 spiro atoms. The smallest absolute Gasteiger partial charge is 0.307 e. The number of nitrogens with one attached hydrogen (secondary N) is 1. The van der Waals surface area contributed by atoms with Gasteiger partial charge in [0.1, 0.15) is 10.5 Å². The van der Waals surface area contributed by atoms with Gasteiger partial charge in [0.15, 0.2) is 5.82 Å². The van der Waals surface area contributed by atoms with Crippen molar-refractivity contribution in [3.8, 4) is 0 Å². The number of sulfonamides is 1. The molecule has 0 aliphatic carbocycles. The molecule has 11 heteroatoms. The molecule has 0 unspecified atom stereocenters. The van der Waals surface area contributed by atoms with Crippen LogP contribution in [0.3, 0.4) is 0 Å². The summed E-state index contributed by atoms with van der Waals surface area (Å²) in [5, 5.41) is 17.5. The first-order chi connectivity index (χ1) is 9.46. The van der Waals surface area contributed by atoms with Crippen molar-refractivity contribution in [3.63, 3.8) is 0 Å². The molecule has 8 nitrogen and oxygen atoms in total. The van der Waals surface area contributed by atoms with Crippen molar-refractivity contribution in [1.29, 1.82) is 0 Å². The standard InChI is InChI=1S/C10H11F2N3O5S/c1-4(2)14-10(16)7-8(11)5(15(17)18)3-6(9(7)12)21(13,19)20/h3-4H,1-2H3,(H,14,16)(H2,13,19,20). The van der Waals surface area contributed by atoms with E-state index in [4.69, 9.17) is 5.14 Å². The number of nitro groups is 1. The molecule has 0 fully saturated rings. The van der Waals surface area contributed by atoms with Gasteiger partial charge in [0, 0.05) is 12.1 Å². The Hall–Kier alpha value is -2.14. The molecule has 0 bridgehead atoms. The Morgan fingerprint density at radius 3 is 2.29 bits per heavy atom. The Balaban J connectivity index is 3.73. The van der Waals surface area contributed by atoms with E-state index in [0.29, 0.717) is 0 Å². The lowest BCUT2D eigenvalue weighted by molar-refractivity contribution is -0.387. The number of carbonyl (C=O) groups excluding carboxylic acids is 1. The highest BCUT2D eigenvalue weighted by molar-refractivity contribution is 7.89. The van der Waals surface area contributed by atoms with Gasteiger partial charge < -0.3 is 5.32 Å². The SMILES string of the molecule is CC(C)NC(=O)c1c(F)c([N+](=O)[O-])cc(S(N)(=O)=O)c1F. The summed E-state index contributed by atoms with van der Waals surface area (Å²) in [5.41, 5.74) is -2.74. The maximum absolute atomic E-state index is 14.0. The summed E-state index contributed by atoms with van der Waals surface area (Å²) in [6, 6.07) is -0.403. The number of nitrogens with zero attached hydrogens (tertiary/aromatic N) is 1. The summed E-state index contributed by atoms with van der Waals surface area (Å²) in [6.45, 7) is 2.96. The molecule has 1 amide bonds. The average molecular weight is 323 g/mol. The molecule has 1 rings (SSSR count). The molecular weight excluding hydrogens is 312 g/mol. The minimum absolute atomic E-state index is 0.131. The maximum Gasteiger partial charge on any atom is 0.307 e. The Labute approximate surface area is 118 Å². The summed E-state index contributed by atoms with van der Waals surface area (Å²) >= 11 is 0. The van der Waals surface area contributed by atoms with Crippen molar-refractivity contribution in [2.24, 2.45) is 5.14 Å². The van der Waals surface area contributed by atoms with E-state index in [1.807, 2.05) is 0 Å². The Bertz CT molecular complexity index is 718. The second-order valence-electron chi connectivity index (χ2n) is 4.33. The highest BCUT2D eigenvalue weighted by Gasteiger charge is 2.33. The van der Waals surface area contributed by atoms with E-state index in [2.05, 4.69) is 5.32 Å². The maximum atomic E-state index is 14.0. The van der Waals surface area contributed by atoms with Crippen molar-refractivity contribution in [3.05, 3.63) is 33.4 Å². The predicted octanol–water partition coefficient (Wildman–Crippen LogP) is 0.659. The van der Waals surface area contributed by atoms with Crippen molar-refractivity contribution in [1.82, 2.24) is 5.32 Å². The van der Waals surface area contributed by atoms with Crippen molar-refractivity contribution >= 4 is 21.6 Å². The first-order valence-corrected chi connectivity index (χ1v) is 7.01. The molecule has 0 radical (unpaired) electrons. The second-order valence-corrected chi connectivity index (χ2v) is 5.86. The van der Waals surface area contributed by atoms with Crippen LogP contribution in [0, 0.1) is 21.7 Å². The van der Waals surface area contributed by atoms with Gasteiger partial charge in [-0.25, -0.2) is 17.9 Å². The van der Waals surface area contributed by atoms with E-state index in [0.717, 1.165) is 0 Å². The lowest BCUT2D eigenvalue weighted by Gasteiger charge is -2.11. The van der Waals surface area contributed by atoms with Gasteiger partial charge >= 0.3 is 5.69 Å². The number of rotatable bonds is 4. The van der Waals surface area contributed by atoms with Crippen LogP contribution in [-0.2, 0) is 10.0 Å². The molecule has 0 aromatic heterocycles. The molecule has 3 N–H and O–H groups in total. The largest absolute Gasteiger partial charge is 0.350 e. The Kier molecular flexibility index (Phi) is 4.59. The molecule has 116 valence electrons. The van der Waals surface area contributed by atoms with Gasteiger partial charge in [0.25, 0.3) is 5.91 Å². The van der Waals surface area contributed by atoms with Crippen molar-refractivity contribution in [2.75, 3.05) is 0 Å². The molecule has 0 heterocycles. The van der Waals surface area contributed by atoms with E-state index in [1.54, 1.807) is 0 Å². The number of nitrogens with two attached hydrogens (primary N) is 1. The second kappa shape index (κ2) is 5.69. The van der Waals surface area contributed by atoms with E-state index in [9.17, 15) is 32.1 Å². The third kappa shape index (κ3) is 3.49. The number of hydrogen-bond donors (Lipinski definition) is 2. The average Bonchev–Trinajstić information content (AvgIpc) is 2.25.